The Hall–Kier alpha value is -2.54. The van der Waals surface area contributed by atoms with Crippen molar-refractivity contribution < 1.29 is 46.1 Å². The third-order valence-electron chi connectivity index (χ3n) is 3.81. The number of nitrogens with zero attached hydrogens (tertiary/aromatic N) is 2. The topological polar surface area (TPSA) is 94.4 Å². The van der Waals surface area contributed by atoms with Crippen LogP contribution in [0.4, 0.5) is 36.8 Å². The number of guanidine groups is 1. The first-order valence-corrected chi connectivity index (χ1v) is 8.06. The number of hydrogen-bond donors (Lipinski definition) is 3. The average Bonchev–Trinajstić information content (AvgIpc) is 2.59. The molecule has 164 valence electrons. The molecule has 0 saturated carbocycles. The molecule has 0 aliphatic carbocycles. The first-order valence-electron chi connectivity index (χ1n) is 8.06. The van der Waals surface area contributed by atoms with Gasteiger partial charge in [0.15, 0.2) is 0 Å². The summed E-state index contributed by atoms with van der Waals surface area (Å²) >= 11 is 0. The SMILES string of the molecule is CCN(CCOC)C(=Nc1ccc(C(O)(C(F)(F)F)C(F)(F)F)cc1)NC(=O)O. The fourth-order valence-corrected chi connectivity index (χ4v) is 2.28. The van der Waals surface area contributed by atoms with E-state index in [4.69, 9.17) is 9.84 Å². The highest BCUT2D eigenvalue weighted by molar-refractivity contribution is 5.94. The second-order valence-corrected chi connectivity index (χ2v) is 5.69. The van der Waals surface area contributed by atoms with Gasteiger partial charge in [0.05, 0.1) is 12.3 Å². The number of likely N-dealkylation sites (N-methyl/N-ethyl adjacent to an activating group) is 1. The van der Waals surface area contributed by atoms with Gasteiger partial charge < -0.3 is 19.8 Å². The van der Waals surface area contributed by atoms with Crippen LogP contribution in [-0.2, 0) is 10.3 Å². The Morgan fingerprint density at radius 2 is 1.66 bits per heavy atom. The second kappa shape index (κ2) is 9.31. The van der Waals surface area contributed by atoms with Crippen molar-refractivity contribution in [3.8, 4) is 0 Å². The molecule has 3 N–H and O–H groups in total. The lowest BCUT2D eigenvalue weighted by atomic mass is 9.92. The first kappa shape index (κ1) is 24.5. The van der Waals surface area contributed by atoms with Crippen LogP contribution in [0, 0.1) is 0 Å². The van der Waals surface area contributed by atoms with Crippen molar-refractivity contribution in [3.05, 3.63) is 29.8 Å². The van der Waals surface area contributed by atoms with Gasteiger partial charge in [-0.05, 0) is 19.1 Å². The Kier molecular flexibility index (Phi) is 7.86. The summed E-state index contributed by atoms with van der Waals surface area (Å²) < 4.78 is 82.4. The highest BCUT2D eigenvalue weighted by Crippen LogP contribution is 2.50. The molecular weight excluding hydrogens is 412 g/mol. The highest BCUT2D eigenvalue weighted by Gasteiger charge is 2.71. The number of carbonyl (C=O) groups is 1. The van der Waals surface area contributed by atoms with Crippen LogP contribution in [0.5, 0.6) is 0 Å². The Morgan fingerprint density at radius 1 is 1.14 bits per heavy atom. The molecule has 0 aliphatic rings. The first-order chi connectivity index (χ1) is 13.3. The van der Waals surface area contributed by atoms with Crippen LogP contribution in [-0.4, -0.2) is 66.3 Å². The Morgan fingerprint density at radius 3 is 2.03 bits per heavy atom. The summed E-state index contributed by atoms with van der Waals surface area (Å²) in [6.45, 7) is 2.37. The lowest BCUT2D eigenvalue weighted by Crippen LogP contribution is -2.53. The number of ether oxygens (including phenoxy) is 1. The number of alkyl halides is 6. The van der Waals surface area contributed by atoms with Gasteiger partial charge in [0.1, 0.15) is 0 Å². The molecule has 0 atom stereocenters. The zero-order valence-electron chi connectivity index (χ0n) is 15.3. The van der Waals surface area contributed by atoms with Gasteiger partial charge in [-0.15, -0.1) is 0 Å². The second-order valence-electron chi connectivity index (χ2n) is 5.69. The van der Waals surface area contributed by atoms with Gasteiger partial charge in [0.2, 0.25) is 5.96 Å². The van der Waals surface area contributed by atoms with Gasteiger partial charge in [0, 0.05) is 25.8 Å². The molecular formula is C16H19F6N3O4. The molecule has 13 heteroatoms. The standard InChI is InChI=1S/C16H19F6N3O4/c1-3-25(8-9-29-2)12(24-13(26)27)23-11-6-4-10(5-7-11)14(28,15(17,18)19)16(20,21)22/h4-7,28H,3,8-9H2,1-2H3,(H,23,24)(H,26,27). The summed E-state index contributed by atoms with van der Waals surface area (Å²) in [7, 11) is 1.41. The number of rotatable bonds is 6. The van der Waals surface area contributed by atoms with Crippen LogP contribution >= 0.6 is 0 Å². The van der Waals surface area contributed by atoms with E-state index >= 15 is 0 Å². The highest BCUT2D eigenvalue weighted by atomic mass is 19.4. The molecule has 0 aromatic heterocycles. The van der Waals surface area contributed by atoms with Crippen molar-refractivity contribution in [1.29, 1.82) is 0 Å². The van der Waals surface area contributed by atoms with E-state index in [-0.39, 0.29) is 31.3 Å². The van der Waals surface area contributed by atoms with Crippen molar-refractivity contribution in [2.45, 2.75) is 24.9 Å². The maximum Gasteiger partial charge on any atom is 0.430 e. The van der Waals surface area contributed by atoms with E-state index in [9.17, 15) is 36.2 Å². The molecule has 1 rings (SSSR count). The average molecular weight is 431 g/mol. The monoisotopic (exact) mass is 431 g/mol. The fourth-order valence-electron chi connectivity index (χ4n) is 2.28. The van der Waals surface area contributed by atoms with E-state index in [1.54, 1.807) is 6.92 Å². The van der Waals surface area contributed by atoms with Crippen molar-refractivity contribution in [1.82, 2.24) is 10.2 Å². The lowest BCUT2D eigenvalue weighted by molar-refractivity contribution is -0.376. The zero-order chi connectivity index (χ0) is 22.5. The molecule has 0 aliphatic heterocycles. The van der Waals surface area contributed by atoms with Gasteiger partial charge in [-0.25, -0.2) is 9.79 Å². The Balaban J connectivity index is 3.33. The molecule has 0 radical (unpaired) electrons. The van der Waals surface area contributed by atoms with Crippen LogP contribution in [0.1, 0.15) is 12.5 Å². The number of carboxylic acid groups (broad SMARTS) is 1. The summed E-state index contributed by atoms with van der Waals surface area (Å²) in [6.07, 6.45) is -13.5. The van der Waals surface area contributed by atoms with E-state index in [1.165, 1.54) is 12.0 Å². The van der Waals surface area contributed by atoms with Crippen LogP contribution in [0.2, 0.25) is 0 Å². The fraction of sp³-hybridized carbons (Fsp3) is 0.500. The number of hydrogen-bond acceptors (Lipinski definition) is 4. The summed E-state index contributed by atoms with van der Waals surface area (Å²) in [5.74, 6) is -0.202. The number of aliphatic hydroxyl groups is 1. The molecule has 0 saturated heterocycles. The number of methoxy groups -OCH3 is 1. The number of benzene rings is 1. The van der Waals surface area contributed by atoms with Crippen LogP contribution < -0.4 is 5.32 Å². The maximum absolute atomic E-state index is 12.9. The predicted octanol–water partition coefficient (Wildman–Crippen LogP) is 3.22. The van der Waals surface area contributed by atoms with E-state index < -0.39 is 29.6 Å². The number of nitrogens with one attached hydrogen (secondary N) is 1. The van der Waals surface area contributed by atoms with E-state index in [0.717, 1.165) is 12.1 Å². The number of aliphatic imine (C=N–C) groups is 1. The van der Waals surface area contributed by atoms with Crippen LogP contribution in [0.3, 0.4) is 0 Å². The van der Waals surface area contributed by atoms with Crippen LogP contribution in [0.15, 0.2) is 29.3 Å². The maximum atomic E-state index is 12.9. The van der Waals surface area contributed by atoms with Gasteiger partial charge >= 0.3 is 18.4 Å². The van der Waals surface area contributed by atoms with E-state index in [1.807, 2.05) is 5.32 Å². The van der Waals surface area contributed by atoms with Crippen molar-refractivity contribution in [3.63, 3.8) is 0 Å². The van der Waals surface area contributed by atoms with E-state index in [0.29, 0.717) is 12.1 Å². The van der Waals surface area contributed by atoms with Gasteiger partial charge in [-0.2, -0.15) is 26.3 Å². The summed E-state index contributed by atoms with van der Waals surface area (Å²) in [5.41, 5.74) is -6.64. The molecule has 1 aromatic rings. The molecule has 0 bridgehead atoms. The molecule has 7 nitrogen and oxygen atoms in total. The minimum absolute atomic E-state index is 0.139. The Labute approximate surface area is 161 Å². The number of amides is 1. The zero-order valence-corrected chi connectivity index (χ0v) is 15.3. The number of halogens is 6. The van der Waals surface area contributed by atoms with Crippen LogP contribution in [0.25, 0.3) is 0 Å². The summed E-state index contributed by atoms with van der Waals surface area (Å²) in [4.78, 5) is 16.3. The molecule has 0 fully saturated rings. The molecule has 1 amide bonds. The molecule has 0 spiro atoms. The summed E-state index contributed by atoms with van der Waals surface area (Å²) in [5, 5.41) is 20.3. The largest absolute Gasteiger partial charge is 0.465 e. The quantitative estimate of drug-likeness (QED) is 0.365. The normalized spacial score (nSPS) is 13.3. The van der Waals surface area contributed by atoms with Gasteiger partial charge in [0.25, 0.3) is 5.60 Å². The molecule has 29 heavy (non-hydrogen) atoms. The third-order valence-corrected chi connectivity index (χ3v) is 3.81. The van der Waals surface area contributed by atoms with Gasteiger partial charge in [-0.3, -0.25) is 5.32 Å². The smallest absolute Gasteiger partial charge is 0.430 e. The third kappa shape index (κ3) is 5.73. The Bertz CT molecular complexity index is 705. The molecule has 0 heterocycles. The minimum Gasteiger partial charge on any atom is -0.465 e. The lowest BCUT2D eigenvalue weighted by Gasteiger charge is -2.32. The van der Waals surface area contributed by atoms with Crippen molar-refractivity contribution in [2.75, 3.05) is 26.8 Å². The molecule has 1 aromatic carbocycles. The molecule has 0 unspecified atom stereocenters. The van der Waals surface area contributed by atoms with Crippen molar-refractivity contribution in [2.24, 2.45) is 4.99 Å². The van der Waals surface area contributed by atoms with Crippen molar-refractivity contribution >= 4 is 17.7 Å². The predicted molar refractivity (Wildman–Crippen MR) is 89.8 cm³/mol. The van der Waals surface area contributed by atoms with E-state index in [2.05, 4.69) is 4.99 Å². The minimum atomic E-state index is -6.01. The summed E-state index contributed by atoms with van der Waals surface area (Å²) in [6, 6.07) is 2.43. The van der Waals surface area contributed by atoms with Gasteiger partial charge in [-0.1, -0.05) is 12.1 Å².